The summed E-state index contributed by atoms with van der Waals surface area (Å²) in [6, 6.07) is 20.0. The van der Waals surface area contributed by atoms with Crippen LogP contribution in [0.15, 0.2) is 76.8 Å². The SMILES string of the molecule is Cc1ncsc1-c1ccc([C@H](C)NC(=O)[C@@H]2C[C@@H](O)CN2C(=O)[C@@H](c2cc(OCCN3CCC4(CC3)CC(c3cc5cc(-c6ccccc6O)nnc5[nH]3)C4)no2)C(C)C)cc1. The van der Waals surface area contributed by atoms with E-state index in [1.807, 2.05) is 75.7 Å². The number of piperidine rings is 1. The van der Waals surface area contributed by atoms with E-state index in [9.17, 15) is 19.8 Å². The van der Waals surface area contributed by atoms with Gasteiger partial charge in [-0.2, -0.15) is 0 Å². The number of aliphatic hydroxyl groups excluding tert-OH is 1. The lowest BCUT2D eigenvalue weighted by Crippen LogP contribution is -2.48. The van der Waals surface area contributed by atoms with E-state index in [0.717, 1.165) is 78.0 Å². The Morgan fingerprint density at radius 3 is 2.55 bits per heavy atom. The molecule has 3 aliphatic rings. The number of ether oxygens (including phenoxy) is 1. The summed E-state index contributed by atoms with van der Waals surface area (Å²) in [6.45, 7) is 11.0. The fourth-order valence-corrected chi connectivity index (χ4v) is 10.6. The van der Waals surface area contributed by atoms with Gasteiger partial charge in [0, 0.05) is 48.1 Å². The summed E-state index contributed by atoms with van der Waals surface area (Å²) in [5, 5.41) is 38.0. The average molecular weight is 859 g/mol. The van der Waals surface area contributed by atoms with Gasteiger partial charge in [0.15, 0.2) is 11.4 Å². The van der Waals surface area contributed by atoms with E-state index in [0.29, 0.717) is 40.8 Å². The number of rotatable bonds is 13. The number of aryl methyl sites for hydroxylation is 1. The molecule has 4 aromatic heterocycles. The summed E-state index contributed by atoms with van der Waals surface area (Å²) in [6.07, 6.45) is 3.90. The molecule has 1 aliphatic carbocycles. The molecule has 4 N–H and O–H groups in total. The van der Waals surface area contributed by atoms with Crippen molar-refractivity contribution in [2.45, 2.75) is 89.8 Å². The lowest BCUT2D eigenvalue weighted by Gasteiger charge is -2.52. The smallest absolute Gasteiger partial charge is 0.254 e. The third-order valence-corrected chi connectivity index (χ3v) is 14.3. The van der Waals surface area contributed by atoms with E-state index in [1.54, 1.807) is 29.5 Å². The van der Waals surface area contributed by atoms with E-state index >= 15 is 0 Å². The number of H-pyrrole nitrogens is 1. The second-order valence-electron chi connectivity index (χ2n) is 17.9. The maximum atomic E-state index is 14.2. The van der Waals surface area contributed by atoms with Crippen LogP contribution in [-0.4, -0.2) is 102 Å². The molecule has 1 spiro atoms. The van der Waals surface area contributed by atoms with Crippen molar-refractivity contribution in [3.05, 3.63) is 95.0 Å². The Balaban J connectivity index is 0.747. The van der Waals surface area contributed by atoms with E-state index in [2.05, 4.69) is 41.6 Å². The van der Waals surface area contributed by atoms with Gasteiger partial charge in [-0.3, -0.25) is 14.5 Å². The molecule has 0 unspecified atom stereocenters. The van der Waals surface area contributed by atoms with Crippen LogP contribution in [0.1, 0.15) is 93.5 Å². The van der Waals surface area contributed by atoms with Gasteiger partial charge in [0.1, 0.15) is 24.3 Å². The number of β-amino-alcohol motifs (C(OH)–C–C–N with tert-alkyl or cyclic N) is 1. The van der Waals surface area contributed by atoms with Crippen LogP contribution >= 0.6 is 11.3 Å². The Morgan fingerprint density at radius 2 is 1.82 bits per heavy atom. The van der Waals surface area contributed by atoms with Crippen molar-refractivity contribution in [2.24, 2.45) is 11.3 Å². The van der Waals surface area contributed by atoms with E-state index in [1.165, 1.54) is 10.6 Å². The maximum absolute atomic E-state index is 14.2. The number of aromatic nitrogens is 5. The summed E-state index contributed by atoms with van der Waals surface area (Å²) < 4.78 is 11.8. The number of aliphatic hydroxyl groups is 1. The number of phenolic OH excluding ortho intramolecular Hbond substituents is 1. The molecule has 2 aromatic carbocycles. The molecule has 62 heavy (non-hydrogen) atoms. The van der Waals surface area contributed by atoms with Crippen molar-refractivity contribution < 1.29 is 29.1 Å². The fourth-order valence-electron chi connectivity index (χ4n) is 9.74. The average Bonchev–Trinajstić information content (AvgIpc) is 4.07. The largest absolute Gasteiger partial charge is 0.507 e. The van der Waals surface area contributed by atoms with Gasteiger partial charge in [0.2, 0.25) is 11.8 Å². The molecule has 15 heteroatoms. The number of amides is 2. The van der Waals surface area contributed by atoms with Gasteiger partial charge in [-0.15, -0.1) is 21.5 Å². The monoisotopic (exact) mass is 858 g/mol. The Hall–Kier alpha value is -5.64. The van der Waals surface area contributed by atoms with Gasteiger partial charge >= 0.3 is 0 Å². The number of aromatic amines is 1. The zero-order valence-corrected chi connectivity index (χ0v) is 36.4. The minimum Gasteiger partial charge on any atom is -0.507 e. The normalized spacial score (nSPS) is 20.1. The zero-order valence-electron chi connectivity index (χ0n) is 35.6. The van der Waals surface area contributed by atoms with Gasteiger partial charge in [-0.05, 0) is 105 Å². The van der Waals surface area contributed by atoms with E-state index in [-0.39, 0.29) is 42.5 Å². The number of aromatic hydroxyl groups is 1. The highest BCUT2D eigenvalue weighted by Gasteiger charge is 2.47. The van der Waals surface area contributed by atoms with Crippen LogP contribution < -0.4 is 10.1 Å². The number of thiazole rings is 1. The first-order valence-electron chi connectivity index (χ1n) is 21.7. The number of phenols is 1. The molecule has 1 saturated carbocycles. The number of nitrogens with one attached hydrogen (secondary N) is 2. The number of nitrogens with zero attached hydrogens (tertiary/aromatic N) is 6. The third kappa shape index (κ3) is 8.45. The minimum atomic E-state index is -0.817. The van der Waals surface area contributed by atoms with Crippen LogP contribution in [0.5, 0.6) is 11.6 Å². The molecule has 6 aromatic rings. The number of carbonyl (C=O) groups excluding carboxylic acids is 2. The predicted octanol–water partition coefficient (Wildman–Crippen LogP) is 7.37. The van der Waals surface area contributed by atoms with Gasteiger partial charge < -0.3 is 34.7 Å². The van der Waals surface area contributed by atoms with Crippen molar-refractivity contribution in [1.82, 2.24) is 40.4 Å². The minimum absolute atomic E-state index is 0.0631. The number of hydrogen-bond acceptors (Lipinski definition) is 12. The van der Waals surface area contributed by atoms with Crippen LogP contribution in [0.25, 0.3) is 32.7 Å². The quantitative estimate of drug-likeness (QED) is 0.0910. The molecule has 0 radical (unpaired) electrons. The Kier molecular flexibility index (Phi) is 11.6. The molecule has 324 valence electrons. The summed E-state index contributed by atoms with van der Waals surface area (Å²) in [5.74, 6) is -0.0992. The molecule has 2 saturated heterocycles. The van der Waals surface area contributed by atoms with Crippen molar-refractivity contribution in [1.29, 1.82) is 0 Å². The molecule has 0 bridgehead atoms. The second-order valence-corrected chi connectivity index (χ2v) is 18.7. The van der Waals surface area contributed by atoms with Crippen molar-refractivity contribution in [2.75, 3.05) is 32.8 Å². The highest BCUT2D eigenvalue weighted by atomic mass is 32.1. The van der Waals surface area contributed by atoms with Crippen LogP contribution in [0.2, 0.25) is 0 Å². The van der Waals surface area contributed by atoms with Crippen LogP contribution in [-0.2, 0) is 9.59 Å². The van der Waals surface area contributed by atoms with Gasteiger partial charge in [0.25, 0.3) is 5.88 Å². The summed E-state index contributed by atoms with van der Waals surface area (Å²) >= 11 is 1.59. The molecule has 2 amide bonds. The first-order valence-corrected chi connectivity index (χ1v) is 22.6. The molecule has 6 heterocycles. The zero-order chi connectivity index (χ0) is 43.1. The third-order valence-electron chi connectivity index (χ3n) is 13.3. The van der Waals surface area contributed by atoms with Crippen LogP contribution in [0, 0.1) is 18.3 Å². The van der Waals surface area contributed by atoms with Crippen LogP contribution in [0.4, 0.5) is 0 Å². The summed E-state index contributed by atoms with van der Waals surface area (Å²) in [5.41, 5.74) is 8.48. The standard InChI is InChI=1S/C47H54N8O6S/c1-27(2)42(46(59)55-25-34(56)21-38(55)45(58)49-28(3)30-9-11-31(12-10-30)43-29(4)48-26-62-43)40-22-41(53-61-40)60-18-17-54-15-13-47(14-16-54)23-33(24-47)36-19-32-20-37(51-52-44(32)50-36)35-7-5-6-8-39(35)57/h5-12,19-20,22,26-28,33-34,38,42,56-57H,13-18,21,23-25H2,1-4H3,(H,49,58)(H,50,52)/t28-,34+,38-,42+/m0/s1. The number of para-hydroxylation sites is 1. The van der Waals surface area contributed by atoms with Gasteiger partial charge in [0.05, 0.1) is 33.9 Å². The highest BCUT2D eigenvalue weighted by Crippen LogP contribution is 2.56. The molecule has 2 aliphatic heterocycles. The van der Waals surface area contributed by atoms with Crippen molar-refractivity contribution >= 4 is 34.2 Å². The molecular weight excluding hydrogens is 805 g/mol. The lowest BCUT2D eigenvalue weighted by molar-refractivity contribution is -0.141. The summed E-state index contributed by atoms with van der Waals surface area (Å²) in [4.78, 5) is 40.8. The van der Waals surface area contributed by atoms with Crippen molar-refractivity contribution in [3.8, 4) is 33.3 Å². The number of carbonyl (C=O) groups is 2. The molecule has 14 nitrogen and oxygen atoms in total. The number of fused-ring (bicyclic) bond motifs is 1. The number of hydrogen-bond donors (Lipinski definition) is 4. The lowest BCUT2D eigenvalue weighted by atomic mass is 9.57. The second kappa shape index (κ2) is 17.3. The Labute approximate surface area is 364 Å². The maximum Gasteiger partial charge on any atom is 0.254 e. The topological polar surface area (TPSA) is 183 Å². The Bertz CT molecular complexity index is 2530. The fraction of sp³-hybridized carbons (Fsp3) is 0.447. The molecular formula is C47H54N8O6S. The predicted molar refractivity (Wildman–Crippen MR) is 236 cm³/mol. The van der Waals surface area contributed by atoms with E-state index < -0.39 is 18.1 Å². The van der Waals surface area contributed by atoms with Crippen molar-refractivity contribution in [3.63, 3.8) is 0 Å². The van der Waals surface area contributed by atoms with Crippen LogP contribution in [0.3, 0.4) is 0 Å². The van der Waals surface area contributed by atoms with Gasteiger partial charge in [-0.1, -0.05) is 50.2 Å². The Morgan fingerprint density at radius 1 is 1.05 bits per heavy atom. The van der Waals surface area contributed by atoms with Gasteiger partial charge in [-0.25, -0.2) is 4.98 Å². The molecule has 4 atom stereocenters. The highest BCUT2D eigenvalue weighted by molar-refractivity contribution is 7.13. The molecule has 3 fully saturated rings. The first-order chi connectivity index (χ1) is 29.9. The van der Waals surface area contributed by atoms with E-state index in [4.69, 9.17) is 9.26 Å². The first kappa shape index (κ1) is 41.7. The summed E-state index contributed by atoms with van der Waals surface area (Å²) in [7, 11) is 0. The number of likely N-dealkylation sites (tertiary alicyclic amines) is 2. The number of benzene rings is 2. The molecule has 9 rings (SSSR count).